The van der Waals surface area contributed by atoms with Gasteiger partial charge in [0.2, 0.25) is 11.8 Å². The number of aryl methyl sites for hydroxylation is 1. The fourth-order valence-electron chi connectivity index (χ4n) is 1.96. The van der Waals surface area contributed by atoms with E-state index in [4.69, 9.17) is 4.52 Å². The van der Waals surface area contributed by atoms with E-state index in [0.717, 1.165) is 12.0 Å². The number of nitrogens with one attached hydrogen (secondary N) is 1. The highest BCUT2D eigenvalue weighted by Crippen LogP contribution is 2.19. The summed E-state index contributed by atoms with van der Waals surface area (Å²) in [5, 5.41) is 6.51. The zero-order valence-corrected chi connectivity index (χ0v) is 11.1. The van der Waals surface area contributed by atoms with E-state index in [1.54, 1.807) is 6.92 Å². The molecule has 100 valence electrons. The molecule has 5 heteroatoms. The molecule has 0 fully saturated rings. The molecule has 1 aromatic heterocycles. The predicted octanol–water partition coefficient (Wildman–Crippen LogP) is 2.19. The van der Waals surface area contributed by atoms with Crippen LogP contribution in [0.15, 0.2) is 34.9 Å². The summed E-state index contributed by atoms with van der Waals surface area (Å²) in [6.45, 7) is 4.00. The topological polar surface area (TPSA) is 68.0 Å². The molecule has 0 saturated heterocycles. The van der Waals surface area contributed by atoms with Crippen LogP contribution in [0, 0.1) is 6.92 Å². The number of amides is 1. The summed E-state index contributed by atoms with van der Waals surface area (Å²) in [5.74, 6) is 0.822. The van der Waals surface area contributed by atoms with Crippen LogP contribution in [0.2, 0.25) is 0 Å². The van der Waals surface area contributed by atoms with Gasteiger partial charge in [0, 0.05) is 0 Å². The zero-order valence-electron chi connectivity index (χ0n) is 11.1. The molecule has 1 heterocycles. The third-order valence-corrected chi connectivity index (χ3v) is 2.91. The number of hydrogen-bond acceptors (Lipinski definition) is 4. The van der Waals surface area contributed by atoms with Gasteiger partial charge in [0.15, 0.2) is 5.82 Å². The molecule has 5 nitrogen and oxygen atoms in total. The van der Waals surface area contributed by atoms with Crippen molar-refractivity contribution in [3.63, 3.8) is 0 Å². The first kappa shape index (κ1) is 13.3. The fraction of sp³-hybridized carbons (Fsp3) is 0.357. The normalized spacial score (nSPS) is 12.1. The molecule has 0 saturated carbocycles. The van der Waals surface area contributed by atoms with Gasteiger partial charge < -0.3 is 9.84 Å². The van der Waals surface area contributed by atoms with Crippen LogP contribution in [-0.2, 0) is 11.3 Å². The molecule has 0 bridgehead atoms. The second-order valence-electron chi connectivity index (χ2n) is 4.32. The molecule has 2 aromatic rings. The Morgan fingerprint density at radius 3 is 2.68 bits per heavy atom. The van der Waals surface area contributed by atoms with E-state index < -0.39 is 0 Å². The van der Waals surface area contributed by atoms with Crippen LogP contribution in [0.1, 0.15) is 36.5 Å². The Kier molecular flexibility index (Phi) is 4.28. The molecule has 1 amide bonds. The van der Waals surface area contributed by atoms with Crippen LogP contribution >= 0.6 is 0 Å². The average molecular weight is 259 g/mol. The van der Waals surface area contributed by atoms with Crippen LogP contribution < -0.4 is 5.32 Å². The lowest BCUT2D eigenvalue weighted by Gasteiger charge is -2.14. The van der Waals surface area contributed by atoms with Gasteiger partial charge >= 0.3 is 0 Å². The lowest BCUT2D eigenvalue weighted by Crippen LogP contribution is -2.28. The lowest BCUT2D eigenvalue weighted by molar-refractivity contribution is -0.122. The van der Waals surface area contributed by atoms with E-state index in [9.17, 15) is 4.79 Å². The van der Waals surface area contributed by atoms with Gasteiger partial charge in [0.05, 0.1) is 12.5 Å². The number of aromatic nitrogens is 2. The second-order valence-corrected chi connectivity index (χ2v) is 4.32. The largest absolute Gasteiger partial charge is 0.346 e. The molecule has 1 atom stereocenters. The first-order chi connectivity index (χ1) is 9.20. The number of hydrogen-bond donors (Lipinski definition) is 1. The van der Waals surface area contributed by atoms with Crippen molar-refractivity contribution >= 4 is 5.91 Å². The van der Waals surface area contributed by atoms with Gasteiger partial charge in [-0.2, -0.15) is 4.98 Å². The highest BCUT2D eigenvalue weighted by molar-refractivity contribution is 5.83. The third kappa shape index (κ3) is 3.40. The highest BCUT2D eigenvalue weighted by Gasteiger charge is 2.18. The molecule has 2 rings (SSSR count). The Balaban J connectivity index is 1.98. The minimum absolute atomic E-state index is 0.0236. The Labute approximate surface area is 112 Å². The summed E-state index contributed by atoms with van der Waals surface area (Å²) in [7, 11) is 0. The lowest BCUT2D eigenvalue weighted by atomic mass is 9.96. The van der Waals surface area contributed by atoms with Crippen molar-refractivity contribution < 1.29 is 9.32 Å². The van der Waals surface area contributed by atoms with Gasteiger partial charge in [0.1, 0.15) is 0 Å². The molecule has 0 aliphatic rings. The predicted molar refractivity (Wildman–Crippen MR) is 70.4 cm³/mol. The smallest absolute Gasteiger partial charge is 0.246 e. The quantitative estimate of drug-likeness (QED) is 0.893. The van der Waals surface area contributed by atoms with Crippen molar-refractivity contribution in [3.8, 4) is 0 Å². The number of carbonyl (C=O) groups is 1. The number of rotatable bonds is 5. The van der Waals surface area contributed by atoms with E-state index in [1.165, 1.54) is 0 Å². The Morgan fingerprint density at radius 2 is 2.11 bits per heavy atom. The summed E-state index contributed by atoms with van der Waals surface area (Å²) in [6.07, 6.45) is 0.749. The van der Waals surface area contributed by atoms with Gasteiger partial charge in [0.25, 0.3) is 0 Å². The van der Waals surface area contributed by atoms with Crippen molar-refractivity contribution in [3.05, 3.63) is 47.6 Å². The maximum Gasteiger partial charge on any atom is 0.246 e. The van der Waals surface area contributed by atoms with E-state index in [1.807, 2.05) is 37.3 Å². The fourth-order valence-corrected chi connectivity index (χ4v) is 1.96. The number of benzene rings is 1. The van der Waals surface area contributed by atoms with Crippen LogP contribution in [-0.4, -0.2) is 16.0 Å². The highest BCUT2D eigenvalue weighted by atomic mass is 16.5. The molecule has 1 aromatic carbocycles. The van der Waals surface area contributed by atoms with Crippen LogP contribution in [0.25, 0.3) is 0 Å². The van der Waals surface area contributed by atoms with E-state index >= 15 is 0 Å². The average Bonchev–Trinajstić information content (AvgIpc) is 2.84. The number of carbonyl (C=O) groups excluding carboxylic acids is 1. The Hall–Kier alpha value is -2.17. The van der Waals surface area contributed by atoms with Crippen LogP contribution in [0.5, 0.6) is 0 Å². The first-order valence-electron chi connectivity index (χ1n) is 6.32. The van der Waals surface area contributed by atoms with Gasteiger partial charge in [-0.15, -0.1) is 0 Å². The molecular weight excluding hydrogens is 242 g/mol. The molecule has 0 spiro atoms. The van der Waals surface area contributed by atoms with Crippen LogP contribution in [0.4, 0.5) is 0 Å². The van der Waals surface area contributed by atoms with Crippen molar-refractivity contribution in [2.75, 3.05) is 0 Å². The summed E-state index contributed by atoms with van der Waals surface area (Å²) >= 11 is 0. The van der Waals surface area contributed by atoms with E-state index in [2.05, 4.69) is 15.5 Å². The molecule has 0 aliphatic heterocycles. The second kappa shape index (κ2) is 6.13. The van der Waals surface area contributed by atoms with Crippen molar-refractivity contribution in [1.29, 1.82) is 0 Å². The van der Waals surface area contributed by atoms with Gasteiger partial charge in [-0.05, 0) is 18.9 Å². The monoisotopic (exact) mass is 259 g/mol. The molecular formula is C14H17N3O2. The maximum absolute atomic E-state index is 12.2. The summed E-state index contributed by atoms with van der Waals surface area (Å²) in [6, 6.07) is 9.74. The third-order valence-electron chi connectivity index (χ3n) is 2.91. The van der Waals surface area contributed by atoms with Gasteiger partial charge in [-0.3, -0.25) is 4.79 Å². The molecule has 19 heavy (non-hydrogen) atoms. The Morgan fingerprint density at radius 1 is 1.37 bits per heavy atom. The van der Waals surface area contributed by atoms with E-state index in [0.29, 0.717) is 11.7 Å². The Bertz CT molecular complexity index is 537. The van der Waals surface area contributed by atoms with E-state index in [-0.39, 0.29) is 18.4 Å². The molecule has 1 unspecified atom stereocenters. The van der Waals surface area contributed by atoms with Crippen molar-refractivity contribution in [2.45, 2.75) is 32.7 Å². The summed E-state index contributed by atoms with van der Waals surface area (Å²) < 4.78 is 4.96. The summed E-state index contributed by atoms with van der Waals surface area (Å²) in [4.78, 5) is 16.2. The molecule has 0 aliphatic carbocycles. The molecule has 1 N–H and O–H groups in total. The van der Waals surface area contributed by atoms with Gasteiger partial charge in [-0.1, -0.05) is 42.4 Å². The summed E-state index contributed by atoms with van der Waals surface area (Å²) in [5.41, 5.74) is 1.02. The minimum Gasteiger partial charge on any atom is -0.346 e. The molecule has 0 radical (unpaired) electrons. The SMILES string of the molecule is CCC(C(=O)NCc1nc(C)no1)c1ccccc1. The van der Waals surface area contributed by atoms with Crippen molar-refractivity contribution in [2.24, 2.45) is 0 Å². The first-order valence-corrected chi connectivity index (χ1v) is 6.32. The number of nitrogens with zero attached hydrogens (tertiary/aromatic N) is 2. The van der Waals surface area contributed by atoms with Gasteiger partial charge in [-0.25, -0.2) is 0 Å². The van der Waals surface area contributed by atoms with Crippen LogP contribution in [0.3, 0.4) is 0 Å². The zero-order chi connectivity index (χ0) is 13.7. The minimum atomic E-state index is -0.148. The standard InChI is InChI=1S/C14H17N3O2/c1-3-12(11-7-5-4-6-8-11)14(18)15-9-13-16-10(2)17-19-13/h4-8,12H,3,9H2,1-2H3,(H,15,18). The van der Waals surface area contributed by atoms with Crippen molar-refractivity contribution in [1.82, 2.24) is 15.5 Å². The maximum atomic E-state index is 12.2.